The molecule has 0 radical (unpaired) electrons. The van der Waals surface area contributed by atoms with Crippen LogP contribution < -0.4 is 10.6 Å². The van der Waals surface area contributed by atoms with E-state index in [1.54, 1.807) is 0 Å². The predicted molar refractivity (Wildman–Crippen MR) is 112 cm³/mol. The Morgan fingerprint density at radius 1 is 1.04 bits per heavy atom. The number of hydrogen-bond acceptors (Lipinski definition) is 2. The second kappa shape index (κ2) is 9.70. The van der Waals surface area contributed by atoms with Gasteiger partial charge >= 0.3 is 0 Å². The van der Waals surface area contributed by atoms with Crippen LogP contribution in [0.25, 0.3) is 0 Å². The summed E-state index contributed by atoms with van der Waals surface area (Å²) in [6, 6.07) is 21.0. The maximum atomic E-state index is 12.7. The molecule has 3 heteroatoms. The van der Waals surface area contributed by atoms with E-state index >= 15 is 0 Å². The van der Waals surface area contributed by atoms with Gasteiger partial charge in [0.25, 0.3) is 0 Å². The minimum atomic E-state index is 0.0407. The lowest BCUT2D eigenvalue weighted by Gasteiger charge is -2.30. The number of hydrogen-bond donors (Lipinski definition) is 2. The quantitative estimate of drug-likeness (QED) is 0.767. The molecule has 0 bridgehead atoms. The van der Waals surface area contributed by atoms with Crippen LogP contribution in [-0.4, -0.2) is 25.0 Å². The summed E-state index contributed by atoms with van der Waals surface area (Å²) in [5, 5.41) is 6.75. The normalized spacial score (nSPS) is 19.4. The van der Waals surface area contributed by atoms with Crippen LogP contribution in [0, 0.1) is 11.8 Å². The minimum absolute atomic E-state index is 0.0407. The molecule has 0 aliphatic carbocycles. The Hall–Kier alpha value is -2.13. The largest absolute Gasteiger partial charge is 0.353 e. The predicted octanol–water partition coefficient (Wildman–Crippen LogP) is 4.35. The molecule has 0 spiro atoms. The van der Waals surface area contributed by atoms with Crippen LogP contribution in [0.3, 0.4) is 0 Å². The number of amides is 1. The summed E-state index contributed by atoms with van der Waals surface area (Å²) in [6.45, 7) is 6.49. The van der Waals surface area contributed by atoms with Crippen LogP contribution in [0.15, 0.2) is 60.7 Å². The molecule has 1 amide bonds. The van der Waals surface area contributed by atoms with Crippen LogP contribution in [-0.2, 0) is 4.79 Å². The SMILES string of the molecule is CC(CC(=O)NC(C)C(c1ccccc1)c1ccccc1)C1CCCNC1. The number of carbonyl (C=O) groups is 1. The van der Waals surface area contributed by atoms with Crippen LogP contribution in [0.1, 0.15) is 50.2 Å². The van der Waals surface area contributed by atoms with E-state index in [-0.39, 0.29) is 17.9 Å². The molecule has 1 saturated heterocycles. The Bertz CT molecular complexity index is 655. The van der Waals surface area contributed by atoms with Gasteiger partial charge in [-0.1, -0.05) is 67.6 Å². The lowest BCUT2D eigenvalue weighted by molar-refractivity contribution is -0.123. The fourth-order valence-corrected chi connectivity index (χ4v) is 4.31. The minimum Gasteiger partial charge on any atom is -0.353 e. The molecule has 1 aliphatic rings. The first-order valence-electron chi connectivity index (χ1n) is 10.2. The monoisotopic (exact) mass is 364 g/mol. The Labute approximate surface area is 163 Å². The number of piperidine rings is 1. The highest BCUT2D eigenvalue weighted by molar-refractivity contribution is 5.76. The van der Waals surface area contributed by atoms with E-state index in [9.17, 15) is 4.79 Å². The van der Waals surface area contributed by atoms with E-state index in [1.165, 1.54) is 24.0 Å². The average Bonchev–Trinajstić information content (AvgIpc) is 2.70. The maximum Gasteiger partial charge on any atom is 0.220 e. The molecule has 2 N–H and O–H groups in total. The van der Waals surface area contributed by atoms with Crippen molar-refractivity contribution in [2.75, 3.05) is 13.1 Å². The summed E-state index contributed by atoms with van der Waals surface area (Å²) >= 11 is 0. The summed E-state index contributed by atoms with van der Waals surface area (Å²) in [5.74, 6) is 1.34. The number of benzene rings is 2. The third kappa shape index (κ3) is 5.43. The second-order valence-corrected chi connectivity index (χ2v) is 7.94. The molecule has 0 saturated carbocycles. The Morgan fingerprint density at radius 2 is 1.63 bits per heavy atom. The molecule has 3 atom stereocenters. The average molecular weight is 365 g/mol. The first-order valence-corrected chi connectivity index (χ1v) is 10.2. The number of rotatable bonds is 7. The van der Waals surface area contributed by atoms with Gasteiger partial charge in [-0.15, -0.1) is 0 Å². The Kier molecular flexibility index (Phi) is 7.05. The van der Waals surface area contributed by atoms with Crippen molar-refractivity contribution in [1.82, 2.24) is 10.6 Å². The maximum absolute atomic E-state index is 12.7. The van der Waals surface area contributed by atoms with Gasteiger partial charge in [-0.05, 0) is 55.8 Å². The Morgan fingerprint density at radius 3 is 2.15 bits per heavy atom. The zero-order valence-electron chi connectivity index (χ0n) is 16.5. The lowest BCUT2D eigenvalue weighted by Crippen LogP contribution is -2.40. The summed E-state index contributed by atoms with van der Waals surface area (Å²) in [5.41, 5.74) is 2.47. The fourth-order valence-electron chi connectivity index (χ4n) is 4.31. The van der Waals surface area contributed by atoms with Gasteiger partial charge < -0.3 is 10.6 Å². The molecule has 1 aliphatic heterocycles. The van der Waals surface area contributed by atoms with Crippen molar-refractivity contribution in [2.24, 2.45) is 11.8 Å². The molecule has 144 valence electrons. The second-order valence-electron chi connectivity index (χ2n) is 7.94. The molecule has 2 aromatic rings. The highest BCUT2D eigenvalue weighted by atomic mass is 16.1. The molecule has 3 nitrogen and oxygen atoms in total. The zero-order valence-corrected chi connectivity index (χ0v) is 16.5. The van der Waals surface area contributed by atoms with Gasteiger partial charge in [0.15, 0.2) is 0 Å². The summed E-state index contributed by atoms with van der Waals surface area (Å²) < 4.78 is 0. The van der Waals surface area contributed by atoms with Gasteiger partial charge in [0.1, 0.15) is 0 Å². The zero-order chi connectivity index (χ0) is 19.1. The van der Waals surface area contributed by atoms with Gasteiger partial charge in [-0.2, -0.15) is 0 Å². The van der Waals surface area contributed by atoms with Crippen molar-refractivity contribution >= 4 is 5.91 Å². The fraction of sp³-hybridized carbons (Fsp3) is 0.458. The molecule has 3 rings (SSSR count). The van der Waals surface area contributed by atoms with E-state index in [4.69, 9.17) is 0 Å². The summed E-state index contributed by atoms with van der Waals surface area (Å²) in [4.78, 5) is 12.7. The Balaban J connectivity index is 1.67. The standard InChI is InChI=1S/C24H32N2O/c1-18(22-14-9-15-25-17-22)16-23(27)26-19(2)24(20-10-5-3-6-11-20)21-12-7-4-8-13-21/h3-8,10-13,18-19,22,24-25H,9,14-17H2,1-2H3,(H,26,27). The topological polar surface area (TPSA) is 41.1 Å². The molecule has 1 heterocycles. The van der Waals surface area contributed by atoms with Crippen molar-refractivity contribution in [1.29, 1.82) is 0 Å². The third-order valence-corrected chi connectivity index (χ3v) is 5.85. The van der Waals surface area contributed by atoms with Gasteiger partial charge in [-0.25, -0.2) is 0 Å². The van der Waals surface area contributed by atoms with Gasteiger partial charge in [-0.3, -0.25) is 4.79 Å². The molecular weight excluding hydrogens is 332 g/mol. The van der Waals surface area contributed by atoms with Crippen molar-refractivity contribution in [3.8, 4) is 0 Å². The van der Waals surface area contributed by atoms with Crippen LogP contribution in [0.2, 0.25) is 0 Å². The molecule has 0 aromatic heterocycles. The first-order chi connectivity index (χ1) is 13.1. The highest BCUT2D eigenvalue weighted by Gasteiger charge is 2.25. The van der Waals surface area contributed by atoms with Crippen LogP contribution >= 0.6 is 0 Å². The number of nitrogens with one attached hydrogen (secondary N) is 2. The molecule has 2 aromatic carbocycles. The van der Waals surface area contributed by atoms with E-state index in [0.717, 1.165) is 13.1 Å². The van der Waals surface area contributed by atoms with E-state index in [2.05, 4.69) is 73.0 Å². The molecule has 1 fully saturated rings. The lowest BCUT2D eigenvalue weighted by atomic mass is 9.84. The third-order valence-electron chi connectivity index (χ3n) is 5.85. The van der Waals surface area contributed by atoms with Gasteiger partial charge in [0, 0.05) is 18.4 Å². The smallest absolute Gasteiger partial charge is 0.220 e. The molecule has 27 heavy (non-hydrogen) atoms. The molecular formula is C24H32N2O. The summed E-state index contributed by atoms with van der Waals surface area (Å²) in [6.07, 6.45) is 3.05. The van der Waals surface area contributed by atoms with E-state index < -0.39 is 0 Å². The van der Waals surface area contributed by atoms with Crippen molar-refractivity contribution in [3.63, 3.8) is 0 Å². The number of carbonyl (C=O) groups excluding carboxylic acids is 1. The van der Waals surface area contributed by atoms with Gasteiger partial charge in [0.05, 0.1) is 0 Å². The highest BCUT2D eigenvalue weighted by Crippen LogP contribution is 2.28. The van der Waals surface area contributed by atoms with Crippen molar-refractivity contribution < 1.29 is 4.79 Å². The van der Waals surface area contributed by atoms with E-state index in [0.29, 0.717) is 18.3 Å². The van der Waals surface area contributed by atoms with Crippen molar-refractivity contribution in [3.05, 3.63) is 71.8 Å². The van der Waals surface area contributed by atoms with Crippen LogP contribution in [0.5, 0.6) is 0 Å². The van der Waals surface area contributed by atoms with Gasteiger partial charge in [0.2, 0.25) is 5.91 Å². The van der Waals surface area contributed by atoms with Crippen LogP contribution in [0.4, 0.5) is 0 Å². The molecule has 3 unspecified atom stereocenters. The first kappa shape index (κ1) is 19.6. The summed E-state index contributed by atoms with van der Waals surface area (Å²) in [7, 11) is 0. The van der Waals surface area contributed by atoms with E-state index in [1.807, 2.05) is 12.1 Å². The van der Waals surface area contributed by atoms with Crippen molar-refractivity contribution in [2.45, 2.75) is 45.1 Å².